The standard InChI is InChI=1S/C15H19NO2S.ClH/c1-15(2,3)18-10-6-7-12(17)11(9-10)14(16)13-5-4-8-19-13;/h4-9,14,17H,16H2,1-3H3;1H/t14-;/m0./s1. The number of benzene rings is 1. The van der Waals surface area contributed by atoms with Crippen molar-refractivity contribution in [3.8, 4) is 11.5 Å². The van der Waals surface area contributed by atoms with Gasteiger partial charge >= 0.3 is 0 Å². The minimum atomic E-state index is -0.330. The van der Waals surface area contributed by atoms with Gasteiger partial charge in [0, 0.05) is 10.4 Å². The molecule has 5 heteroatoms. The lowest BCUT2D eigenvalue weighted by atomic mass is 10.0. The highest BCUT2D eigenvalue weighted by atomic mass is 35.5. The van der Waals surface area contributed by atoms with Gasteiger partial charge in [-0.15, -0.1) is 23.7 Å². The molecule has 1 aromatic carbocycles. The number of thiophene rings is 1. The largest absolute Gasteiger partial charge is 0.508 e. The minimum absolute atomic E-state index is 0. The first-order chi connectivity index (χ1) is 8.87. The zero-order valence-corrected chi connectivity index (χ0v) is 13.4. The highest BCUT2D eigenvalue weighted by molar-refractivity contribution is 7.10. The Balaban J connectivity index is 0.00000200. The van der Waals surface area contributed by atoms with Gasteiger partial charge in [-0.3, -0.25) is 0 Å². The number of rotatable bonds is 3. The minimum Gasteiger partial charge on any atom is -0.508 e. The Morgan fingerprint density at radius 3 is 2.50 bits per heavy atom. The molecule has 0 bridgehead atoms. The normalized spacial score (nSPS) is 12.6. The molecule has 2 aromatic rings. The van der Waals surface area contributed by atoms with Crippen molar-refractivity contribution in [3.05, 3.63) is 46.2 Å². The van der Waals surface area contributed by atoms with Gasteiger partial charge < -0.3 is 15.6 Å². The molecule has 0 amide bonds. The molecule has 0 aliphatic heterocycles. The van der Waals surface area contributed by atoms with E-state index in [4.69, 9.17) is 10.5 Å². The summed E-state index contributed by atoms with van der Waals surface area (Å²) >= 11 is 1.58. The molecular formula is C15H20ClNO2S. The molecule has 0 fully saturated rings. The summed E-state index contributed by atoms with van der Waals surface area (Å²) in [6.45, 7) is 5.95. The maximum Gasteiger partial charge on any atom is 0.120 e. The van der Waals surface area contributed by atoms with E-state index in [1.807, 2.05) is 44.4 Å². The van der Waals surface area contributed by atoms with Gasteiger partial charge in [-0.2, -0.15) is 0 Å². The third-order valence-electron chi connectivity index (χ3n) is 2.61. The molecule has 0 aliphatic carbocycles. The van der Waals surface area contributed by atoms with Crippen molar-refractivity contribution in [1.82, 2.24) is 0 Å². The van der Waals surface area contributed by atoms with Crippen LogP contribution in [0.5, 0.6) is 11.5 Å². The Kier molecular flexibility index (Phi) is 5.45. The number of phenols is 1. The SMILES string of the molecule is CC(C)(C)Oc1ccc(O)c([C@H](N)c2cccs2)c1.Cl. The number of aromatic hydroxyl groups is 1. The average Bonchev–Trinajstić information content (AvgIpc) is 2.82. The number of nitrogens with two attached hydrogens (primary N) is 1. The average molecular weight is 314 g/mol. The number of halogens is 1. The summed E-state index contributed by atoms with van der Waals surface area (Å²) < 4.78 is 5.80. The maximum absolute atomic E-state index is 9.97. The predicted octanol–water partition coefficient (Wildman–Crippen LogP) is 4.10. The number of hydrogen-bond acceptors (Lipinski definition) is 4. The summed E-state index contributed by atoms with van der Waals surface area (Å²) in [7, 11) is 0. The Hall–Kier alpha value is -1.23. The second kappa shape index (κ2) is 6.48. The monoisotopic (exact) mass is 313 g/mol. The molecule has 1 heterocycles. The Morgan fingerprint density at radius 2 is 1.95 bits per heavy atom. The lowest BCUT2D eigenvalue weighted by Gasteiger charge is -2.22. The molecule has 20 heavy (non-hydrogen) atoms. The first kappa shape index (κ1) is 16.8. The summed E-state index contributed by atoms with van der Waals surface area (Å²) in [6, 6.07) is 8.78. The van der Waals surface area contributed by atoms with Crippen molar-refractivity contribution in [2.45, 2.75) is 32.4 Å². The van der Waals surface area contributed by atoms with Crippen molar-refractivity contribution in [2.75, 3.05) is 0 Å². The molecule has 110 valence electrons. The molecule has 2 rings (SSSR count). The first-order valence-corrected chi connectivity index (χ1v) is 7.06. The lowest BCUT2D eigenvalue weighted by molar-refractivity contribution is 0.130. The van der Waals surface area contributed by atoms with E-state index in [9.17, 15) is 5.11 Å². The van der Waals surface area contributed by atoms with Gasteiger partial charge in [0.25, 0.3) is 0 Å². The Labute approximate surface area is 129 Å². The molecular weight excluding hydrogens is 294 g/mol. The summed E-state index contributed by atoms with van der Waals surface area (Å²) in [4.78, 5) is 1.02. The molecule has 1 atom stereocenters. The fraction of sp³-hybridized carbons (Fsp3) is 0.333. The predicted molar refractivity (Wildman–Crippen MR) is 86.1 cm³/mol. The van der Waals surface area contributed by atoms with Crippen LogP contribution in [0.25, 0.3) is 0 Å². The summed E-state index contributed by atoms with van der Waals surface area (Å²) in [5.74, 6) is 0.912. The topological polar surface area (TPSA) is 55.5 Å². The van der Waals surface area contributed by atoms with Gasteiger partial charge in [-0.05, 0) is 50.4 Å². The van der Waals surface area contributed by atoms with E-state index in [0.29, 0.717) is 11.3 Å². The van der Waals surface area contributed by atoms with Crippen LogP contribution in [0.15, 0.2) is 35.7 Å². The number of phenolic OH excluding ortho intramolecular Hbond substituents is 1. The van der Waals surface area contributed by atoms with Crippen LogP contribution in [0.3, 0.4) is 0 Å². The third-order valence-corrected chi connectivity index (χ3v) is 3.56. The van der Waals surface area contributed by atoms with Crippen LogP contribution >= 0.6 is 23.7 Å². The molecule has 0 aliphatic rings. The van der Waals surface area contributed by atoms with Gasteiger partial charge in [0.2, 0.25) is 0 Å². The number of hydrogen-bond donors (Lipinski definition) is 2. The van der Waals surface area contributed by atoms with Crippen molar-refractivity contribution >= 4 is 23.7 Å². The van der Waals surface area contributed by atoms with Crippen LogP contribution < -0.4 is 10.5 Å². The van der Waals surface area contributed by atoms with Crippen molar-refractivity contribution < 1.29 is 9.84 Å². The molecule has 3 N–H and O–H groups in total. The first-order valence-electron chi connectivity index (χ1n) is 6.18. The Morgan fingerprint density at radius 1 is 1.25 bits per heavy atom. The van der Waals surface area contributed by atoms with Gasteiger partial charge in [0.15, 0.2) is 0 Å². The zero-order valence-electron chi connectivity index (χ0n) is 11.8. The second-order valence-corrected chi connectivity index (χ2v) is 6.41. The van der Waals surface area contributed by atoms with Crippen LogP contribution in [0, 0.1) is 0 Å². The van der Waals surface area contributed by atoms with Crippen LogP contribution in [0.1, 0.15) is 37.3 Å². The van der Waals surface area contributed by atoms with E-state index in [2.05, 4.69) is 0 Å². The van der Waals surface area contributed by atoms with E-state index < -0.39 is 0 Å². The van der Waals surface area contributed by atoms with Crippen LogP contribution in [0.4, 0.5) is 0 Å². The molecule has 0 saturated carbocycles. The van der Waals surface area contributed by atoms with Gasteiger partial charge in [-0.1, -0.05) is 6.07 Å². The fourth-order valence-electron chi connectivity index (χ4n) is 1.82. The molecule has 0 radical (unpaired) electrons. The molecule has 0 saturated heterocycles. The van der Waals surface area contributed by atoms with Gasteiger partial charge in [0.1, 0.15) is 17.1 Å². The molecule has 0 unspecified atom stereocenters. The quantitative estimate of drug-likeness (QED) is 0.897. The second-order valence-electron chi connectivity index (χ2n) is 5.43. The summed E-state index contributed by atoms with van der Waals surface area (Å²) in [5, 5.41) is 11.9. The highest BCUT2D eigenvalue weighted by Gasteiger charge is 2.17. The highest BCUT2D eigenvalue weighted by Crippen LogP contribution is 2.33. The lowest BCUT2D eigenvalue weighted by Crippen LogP contribution is -2.23. The van der Waals surface area contributed by atoms with Crippen LogP contribution in [-0.2, 0) is 0 Å². The Bertz CT molecular complexity index is 549. The van der Waals surface area contributed by atoms with Crippen LogP contribution in [0.2, 0.25) is 0 Å². The fourth-order valence-corrected chi connectivity index (χ4v) is 2.57. The van der Waals surface area contributed by atoms with Crippen molar-refractivity contribution in [3.63, 3.8) is 0 Å². The van der Waals surface area contributed by atoms with E-state index in [1.54, 1.807) is 23.5 Å². The van der Waals surface area contributed by atoms with Crippen LogP contribution in [-0.4, -0.2) is 10.7 Å². The number of ether oxygens (including phenoxy) is 1. The van der Waals surface area contributed by atoms with Gasteiger partial charge in [0.05, 0.1) is 6.04 Å². The van der Waals surface area contributed by atoms with Crippen molar-refractivity contribution in [2.24, 2.45) is 5.73 Å². The molecule has 1 aromatic heterocycles. The summed E-state index contributed by atoms with van der Waals surface area (Å²) in [5.41, 5.74) is 6.60. The molecule has 0 spiro atoms. The third kappa shape index (κ3) is 4.13. The maximum atomic E-state index is 9.97. The molecule has 3 nitrogen and oxygen atoms in total. The van der Waals surface area contributed by atoms with E-state index >= 15 is 0 Å². The smallest absolute Gasteiger partial charge is 0.120 e. The van der Waals surface area contributed by atoms with E-state index in [-0.39, 0.29) is 29.8 Å². The zero-order chi connectivity index (χ0) is 14.0. The van der Waals surface area contributed by atoms with Gasteiger partial charge in [-0.25, -0.2) is 0 Å². The van der Waals surface area contributed by atoms with E-state index in [1.165, 1.54) is 0 Å². The van der Waals surface area contributed by atoms with Crippen molar-refractivity contribution in [1.29, 1.82) is 0 Å². The van der Waals surface area contributed by atoms with E-state index in [0.717, 1.165) is 4.88 Å². The summed E-state index contributed by atoms with van der Waals surface area (Å²) in [6.07, 6.45) is 0.